The van der Waals surface area contributed by atoms with Crippen molar-refractivity contribution < 1.29 is 15.1 Å². The van der Waals surface area contributed by atoms with E-state index in [0.717, 1.165) is 0 Å². The highest BCUT2D eigenvalue weighted by Gasteiger charge is 2.34. The predicted molar refractivity (Wildman–Crippen MR) is 48.9 cm³/mol. The van der Waals surface area contributed by atoms with Crippen LogP contribution in [0.1, 0.15) is 19.8 Å². The maximum absolute atomic E-state index is 10.9. The van der Waals surface area contributed by atoms with Gasteiger partial charge in [-0.3, -0.25) is 14.9 Å². The van der Waals surface area contributed by atoms with Crippen molar-refractivity contribution in [2.45, 2.75) is 25.3 Å². The summed E-state index contributed by atoms with van der Waals surface area (Å²) in [6.07, 6.45) is 0.788. The maximum Gasteiger partial charge on any atom is 0.246 e. The molecule has 0 saturated carbocycles. The maximum atomic E-state index is 10.9. The Kier molecular flexibility index (Phi) is 5.33. The van der Waals surface area contributed by atoms with Gasteiger partial charge in [0.2, 0.25) is 11.8 Å². The Labute approximate surface area is 80.8 Å². The first-order chi connectivity index (χ1) is 4.52. The van der Waals surface area contributed by atoms with Gasteiger partial charge in [0.25, 0.3) is 0 Å². The van der Waals surface area contributed by atoms with Gasteiger partial charge in [-0.1, -0.05) is 0 Å². The van der Waals surface area contributed by atoms with Gasteiger partial charge in [0.15, 0.2) is 0 Å². The molecule has 1 fully saturated rings. The summed E-state index contributed by atoms with van der Waals surface area (Å²) in [7, 11) is 0. The molecular formula is C6H13BrN2O3. The number of halogens is 1. The second kappa shape index (κ2) is 4.54. The topological polar surface area (TPSA) is 104 Å². The summed E-state index contributed by atoms with van der Waals surface area (Å²) in [5, 5.41) is 2.17. The van der Waals surface area contributed by atoms with E-state index in [-0.39, 0.29) is 34.3 Å². The minimum atomic E-state index is -0.853. The fourth-order valence-corrected chi connectivity index (χ4v) is 0.819. The predicted octanol–water partition coefficient (Wildman–Crippen LogP) is -1.11. The van der Waals surface area contributed by atoms with E-state index in [9.17, 15) is 9.59 Å². The van der Waals surface area contributed by atoms with E-state index in [1.807, 2.05) is 0 Å². The molecule has 72 valence electrons. The first-order valence-electron chi connectivity index (χ1n) is 3.15. The average molecular weight is 241 g/mol. The van der Waals surface area contributed by atoms with Gasteiger partial charge in [-0.2, -0.15) is 0 Å². The van der Waals surface area contributed by atoms with Crippen LogP contribution in [-0.4, -0.2) is 22.8 Å². The molecule has 0 aliphatic carbocycles. The van der Waals surface area contributed by atoms with E-state index in [2.05, 4.69) is 5.32 Å². The van der Waals surface area contributed by atoms with Crippen molar-refractivity contribution in [3.8, 4) is 0 Å². The highest BCUT2D eigenvalue weighted by Crippen LogP contribution is 2.12. The molecule has 6 heteroatoms. The molecule has 0 aromatic heterocycles. The number of carbonyl (C=O) groups excluding carboxylic acids is 2. The van der Waals surface area contributed by atoms with Gasteiger partial charge in [-0.15, -0.1) is 17.0 Å². The Morgan fingerprint density at radius 1 is 1.50 bits per heavy atom. The van der Waals surface area contributed by atoms with Crippen LogP contribution in [-0.2, 0) is 9.59 Å². The number of nitrogens with two attached hydrogens (primary N) is 1. The van der Waals surface area contributed by atoms with E-state index >= 15 is 0 Å². The Morgan fingerprint density at radius 3 is 2.33 bits per heavy atom. The molecule has 1 saturated heterocycles. The normalized spacial score (nSPS) is 28.2. The molecule has 1 unspecified atom stereocenters. The summed E-state index contributed by atoms with van der Waals surface area (Å²) < 4.78 is 0. The van der Waals surface area contributed by atoms with Crippen molar-refractivity contribution in [2.24, 2.45) is 5.73 Å². The van der Waals surface area contributed by atoms with Crippen LogP contribution in [0.3, 0.4) is 0 Å². The number of hydrogen-bond acceptors (Lipinski definition) is 3. The summed E-state index contributed by atoms with van der Waals surface area (Å²) in [6.45, 7) is 1.62. The van der Waals surface area contributed by atoms with Crippen molar-refractivity contribution in [1.29, 1.82) is 0 Å². The Hall–Kier alpha value is -0.460. The van der Waals surface area contributed by atoms with E-state index < -0.39 is 5.54 Å². The number of imide groups is 1. The summed E-state index contributed by atoms with van der Waals surface area (Å²) in [6, 6.07) is 0. The molecule has 1 rings (SSSR count). The summed E-state index contributed by atoms with van der Waals surface area (Å²) in [4.78, 5) is 21.4. The van der Waals surface area contributed by atoms with Gasteiger partial charge in [-0.05, 0) is 13.3 Å². The van der Waals surface area contributed by atoms with Crippen LogP contribution in [0, 0.1) is 0 Å². The van der Waals surface area contributed by atoms with Crippen LogP contribution >= 0.6 is 17.0 Å². The average Bonchev–Trinajstić information content (AvgIpc) is 1.81. The lowest BCUT2D eigenvalue weighted by Gasteiger charge is -2.26. The van der Waals surface area contributed by atoms with Crippen LogP contribution < -0.4 is 11.1 Å². The second-order valence-corrected chi connectivity index (χ2v) is 2.79. The third-order valence-corrected chi connectivity index (χ3v) is 1.64. The van der Waals surface area contributed by atoms with Crippen LogP contribution in [0.5, 0.6) is 0 Å². The van der Waals surface area contributed by atoms with Gasteiger partial charge in [0, 0.05) is 6.42 Å². The number of carbonyl (C=O) groups is 2. The fourth-order valence-electron chi connectivity index (χ4n) is 0.819. The van der Waals surface area contributed by atoms with Crippen molar-refractivity contribution in [3.05, 3.63) is 0 Å². The zero-order valence-corrected chi connectivity index (χ0v) is 8.43. The number of hydrogen-bond donors (Lipinski definition) is 2. The van der Waals surface area contributed by atoms with Crippen LogP contribution in [0.15, 0.2) is 0 Å². The molecule has 2 amide bonds. The molecule has 5 nitrogen and oxygen atoms in total. The number of piperidine rings is 1. The molecule has 0 bridgehead atoms. The van der Waals surface area contributed by atoms with Crippen LogP contribution in [0.25, 0.3) is 0 Å². The van der Waals surface area contributed by atoms with Crippen molar-refractivity contribution in [2.75, 3.05) is 0 Å². The Morgan fingerprint density at radius 2 is 2.00 bits per heavy atom. The highest BCUT2D eigenvalue weighted by molar-refractivity contribution is 8.93. The first-order valence-corrected chi connectivity index (χ1v) is 3.15. The van der Waals surface area contributed by atoms with Crippen LogP contribution in [0.2, 0.25) is 0 Å². The smallest absolute Gasteiger partial charge is 0.246 e. The molecule has 5 N–H and O–H groups in total. The minimum absolute atomic E-state index is 0. The first kappa shape index (κ1) is 14.1. The molecular weight excluding hydrogens is 228 g/mol. The van der Waals surface area contributed by atoms with Crippen molar-refractivity contribution in [1.82, 2.24) is 5.32 Å². The number of rotatable bonds is 0. The van der Waals surface area contributed by atoms with Crippen molar-refractivity contribution >= 4 is 28.8 Å². The van der Waals surface area contributed by atoms with Gasteiger partial charge in [0.1, 0.15) is 0 Å². The monoisotopic (exact) mass is 240 g/mol. The van der Waals surface area contributed by atoms with Gasteiger partial charge < -0.3 is 11.2 Å². The van der Waals surface area contributed by atoms with Crippen molar-refractivity contribution in [3.63, 3.8) is 0 Å². The van der Waals surface area contributed by atoms with Gasteiger partial charge in [-0.25, -0.2) is 0 Å². The second-order valence-electron chi connectivity index (χ2n) is 2.79. The molecule has 0 spiro atoms. The third-order valence-electron chi connectivity index (χ3n) is 1.64. The molecule has 1 heterocycles. The molecule has 1 atom stereocenters. The largest absolute Gasteiger partial charge is 0.412 e. The SMILES string of the molecule is Br.CC1(N)CCC(=O)NC1=O.O. The zero-order valence-electron chi connectivity index (χ0n) is 6.72. The quantitative estimate of drug-likeness (QED) is 0.525. The van der Waals surface area contributed by atoms with E-state index in [1.54, 1.807) is 6.92 Å². The minimum Gasteiger partial charge on any atom is -0.412 e. The molecule has 1 aliphatic heterocycles. The highest BCUT2D eigenvalue weighted by atomic mass is 79.9. The van der Waals surface area contributed by atoms with Gasteiger partial charge in [0.05, 0.1) is 5.54 Å². The molecule has 1 aliphatic rings. The summed E-state index contributed by atoms with van der Waals surface area (Å²) in [5.74, 6) is -0.600. The lowest BCUT2D eigenvalue weighted by Crippen LogP contribution is -2.57. The van der Waals surface area contributed by atoms with Gasteiger partial charge >= 0.3 is 0 Å². The molecule has 0 aromatic carbocycles. The number of amides is 2. The number of nitrogens with one attached hydrogen (secondary N) is 1. The third kappa shape index (κ3) is 2.88. The fraction of sp³-hybridized carbons (Fsp3) is 0.667. The van der Waals surface area contributed by atoms with E-state index in [1.165, 1.54) is 0 Å². The lowest BCUT2D eigenvalue weighted by atomic mass is 9.93. The molecule has 0 radical (unpaired) electrons. The Balaban J connectivity index is 0. The van der Waals surface area contributed by atoms with E-state index in [0.29, 0.717) is 12.8 Å². The Bertz CT molecular complexity index is 193. The molecule has 0 aromatic rings. The summed E-state index contributed by atoms with van der Waals surface area (Å²) >= 11 is 0. The lowest BCUT2D eigenvalue weighted by molar-refractivity contribution is -0.137. The zero-order chi connectivity index (χ0) is 7.78. The standard InChI is InChI=1S/C6H10N2O2.BrH.H2O/c1-6(7)3-2-4(9)8-5(6)10;;/h2-3,7H2,1H3,(H,8,9,10);1H;1H2. The van der Waals surface area contributed by atoms with Crippen LogP contribution in [0.4, 0.5) is 0 Å². The summed E-state index contributed by atoms with van der Waals surface area (Å²) in [5.41, 5.74) is 4.67. The van der Waals surface area contributed by atoms with E-state index in [4.69, 9.17) is 5.73 Å². The molecule has 12 heavy (non-hydrogen) atoms.